The van der Waals surface area contributed by atoms with Crippen LogP contribution in [0.25, 0.3) is 16.3 Å². The van der Waals surface area contributed by atoms with E-state index in [1.54, 1.807) is 0 Å². The molecule has 19 heavy (non-hydrogen) atoms. The Balaban J connectivity index is 2.87. The van der Waals surface area contributed by atoms with E-state index in [1.165, 1.54) is 0 Å². The first-order chi connectivity index (χ1) is 9.22. The molecule has 1 aromatic carbocycles. The first-order valence-corrected chi connectivity index (χ1v) is 6.10. The predicted molar refractivity (Wildman–Crippen MR) is 79.3 cm³/mol. The molecule has 1 heterocycles. The third-order valence-corrected chi connectivity index (χ3v) is 2.98. The molecule has 0 amide bonds. The van der Waals surface area contributed by atoms with Crippen LogP contribution >= 0.6 is 0 Å². The number of fused-ring (bicyclic) bond motifs is 1. The summed E-state index contributed by atoms with van der Waals surface area (Å²) >= 11 is 0. The maximum absolute atomic E-state index is 9.44. The highest BCUT2D eigenvalue weighted by Crippen LogP contribution is 2.29. The van der Waals surface area contributed by atoms with Gasteiger partial charge in [-0.1, -0.05) is 42.5 Å². The molecule has 2 N–H and O–H groups in total. The number of nitrogens with zero attached hydrogens (tertiary/aromatic N) is 2. The monoisotopic (exact) mass is 249 g/mol. The number of pyridine rings is 1. The van der Waals surface area contributed by atoms with Gasteiger partial charge >= 0.3 is 0 Å². The zero-order chi connectivity index (χ0) is 13.8. The van der Waals surface area contributed by atoms with Crippen LogP contribution in [0.3, 0.4) is 0 Å². The third kappa shape index (κ3) is 2.21. The van der Waals surface area contributed by atoms with Gasteiger partial charge in [-0.05, 0) is 19.4 Å². The molecule has 0 fully saturated rings. The fraction of sp³-hybridized carbons (Fsp3) is 0.125. The van der Waals surface area contributed by atoms with Gasteiger partial charge < -0.3 is 5.73 Å². The number of nitrogen functional groups attached to an aromatic ring is 1. The SMILES string of the molecule is C/C=C\C(=C/C)c1nc(N)c2ccccc2c1C#N. The summed E-state index contributed by atoms with van der Waals surface area (Å²) in [5.74, 6) is 0.452. The summed E-state index contributed by atoms with van der Waals surface area (Å²) in [5, 5.41) is 11.1. The number of aromatic nitrogens is 1. The van der Waals surface area contributed by atoms with Crippen molar-refractivity contribution in [3.05, 3.63) is 53.8 Å². The van der Waals surface area contributed by atoms with Crippen molar-refractivity contribution in [1.29, 1.82) is 5.26 Å². The van der Waals surface area contributed by atoms with E-state index in [2.05, 4.69) is 11.1 Å². The molecule has 0 radical (unpaired) electrons. The fourth-order valence-corrected chi connectivity index (χ4v) is 2.10. The van der Waals surface area contributed by atoms with Crippen LogP contribution in [0.1, 0.15) is 25.1 Å². The first kappa shape index (κ1) is 12.8. The smallest absolute Gasteiger partial charge is 0.132 e. The van der Waals surface area contributed by atoms with Crippen LogP contribution in [-0.4, -0.2) is 4.98 Å². The molecule has 0 atom stereocenters. The van der Waals surface area contributed by atoms with E-state index < -0.39 is 0 Å². The molecule has 0 unspecified atom stereocenters. The highest BCUT2D eigenvalue weighted by atomic mass is 14.8. The molecule has 0 aliphatic carbocycles. The summed E-state index contributed by atoms with van der Waals surface area (Å²) in [6.07, 6.45) is 5.78. The van der Waals surface area contributed by atoms with E-state index in [9.17, 15) is 5.26 Å². The molecule has 3 nitrogen and oxygen atoms in total. The predicted octanol–water partition coefficient (Wildman–Crippen LogP) is 3.67. The van der Waals surface area contributed by atoms with Gasteiger partial charge in [0.1, 0.15) is 11.9 Å². The van der Waals surface area contributed by atoms with Crippen LogP contribution in [0.15, 0.2) is 42.5 Å². The third-order valence-electron chi connectivity index (χ3n) is 2.98. The quantitative estimate of drug-likeness (QED) is 0.826. The van der Waals surface area contributed by atoms with E-state index >= 15 is 0 Å². The molecular weight excluding hydrogens is 234 g/mol. The Labute approximate surface area is 112 Å². The molecule has 0 saturated heterocycles. The molecular formula is C16H15N3. The average Bonchev–Trinajstić information content (AvgIpc) is 2.45. The second-order valence-corrected chi connectivity index (χ2v) is 4.12. The van der Waals surface area contributed by atoms with Crippen LogP contribution in [0, 0.1) is 11.3 Å². The van der Waals surface area contributed by atoms with E-state index in [0.717, 1.165) is 16.3 Å². The summed E-state index contributed by atoms with van der Waals surface area (Å²) < 4.78 is 0. The van der Waals surface area contributed by atoms with Crippen LogP contribution in [0.2, 0.25) is 0 Å². The van der Waals surface area contributed by atoms with Crippen LogP contribution < -0.4 is 5.73 Å². The number of benzene rings is 1. The normalized spacial score (nSPS) is 11.9. The lowest BCUT2D eigenvalue weighted by molar-refractivity contribution is 1.29. The molecule has 1 aromatic heterocycles. The highest BCUT2D eigenvalue weighted by molar-refractivity contribution is 5.98. The summed E-state index contributed by atoms with van der Waals surface area (Å²) in [6, 6.07) is 9.82. The topological polar surface area (TPSA) is 62.7 Å². The molecule has 94 valence electrons. The Hall–Kier alpha value is -2.60. The molecule has 0 bridgehead atoms. The molecule has 0 aliphatic rings. The van der Waals surface area contributed by atoms with Gasteiger partial charge in [0.05, 0.1) is 11.3 Å². The fourth-order valence-electron chi connectivity index (χ4n) is 2.10. The number of nitriles is 1. The number of allylic oxidation sites excluding steroid dienone is 4. The molecule has 3 heteroatoms. The summed E-state index contributed by atoms with van der Waals surface area (Å²) in [4.78, 5) is 4.40. The zero-order valence-electron chi connectivity index (χ0n) is 11.0. The molecule has 0 aliphatic heterocycles. The van der Waals surface area contributed by atoms with Crippen LogP contribution in [0.4, 0.5) is 5.82 Å². The lowest BCUT2D eigenvalue weighted by Gasteiger charge is -2.10. The largest absolute Gasteiger partial charge is 0.383 e. The lowest BCUT2D eigenvalue weighted by atomic mass is 9.99. The zero-order valence-corrected chi connectivity index (χ0v) is 11.0. The molecule has 2 rings (SSSR count). The second kappa shape index (κ2) is 5.36. The van der Waals surface area contributed by atoms with Gasteiger partial charge in [0, 0.05) is 10.8 Å². The lowest BCUT2D eigenvalue weighted by Crippen LogP contribution is -2.00. The van der Waals surface area contributed by atoms with Gasteiger partial charge in [0.25, 0.3) is 0 Å². The number of hydrogen-bond acceptors (Lipinski definition) is 3. The van der Waals surface area contributed by atoms with Crippen molar-refractivity contribution in [3.63, 3.8) is 0 Å². The average molecular weight is 249 g/mol. The van der Waals surface area contributed by atoms with E-state index in [-0.39, 0.29) is 0 Å². The van der Waals surface area contributed by atoms with Gasteiger partial charge in [-0.15, -0.1) is 0 Å². The maximum atomic E-state index is 9.44. The first-order valence-electron chi connectivity index (χ1n) is 6.10. The maximum Gasteiger partial charge on any atom is 0.132 e. The van der Waals surface area contributed by atoms with Gasteiger partial charge in [-0.3, -0.25) is 0 Å². The summed E-state index contributed by atoms with van der Waals surface area (Å²) in [7, 11) is 0. The Morgan fingerprint density at radius 1 is 1.26 bits per heavy atom. The molecule has 2 aromatic rings. The van der Waals surface area contributed by atoms with Crippen molar-refractivity contribution in [2.75, 3.05) is 5.73 Å². The molecule has 0 saturated carbocycles. The Kier molecular flexibility index (Phi) is 3.63. The van der Waals surface area contributed by atoms with Crippen molar-refractivity contribution >= 4 is 22.2 Å². The Morgan fingerprint density at radius 3 is 2.53 bits per heavy atom. The number of hydrogen-bond donors (Lipinski definition) is 1. The van der Waals surface area contributed by atoms with E-state index in [1.807, 2.05) is 56.3 Å². The molecule has 0 spiro atoms. The Morgan fingerprint density at radius 2 is 1.95 bits per heavy atom. The minimum atomic E-state index is 0.452. The minimum Gasteiger partial charge on any atom is -0.383 e. The standard InChI is InChI=1S/C16H15N3/c1-3-7-11(4-2)15-14(10-17)12-8-5-6-9-13(12)16(18)19-15/h3-9H,1-2H3,(H2,18,19)/b7-3-,11-4+. The van der Waals surface area contributed by atoms with Gasteiger partial charge in [-0.2, -0.15) is 5.26 Å². The van der Waals surface area contributed by atoms with Crippen LogP contribution in [0.5, 0.6) is 0 Å². The van der Waals surface area contributed by atoms with E-state index in [4.69, 9.17) is 5.73 Å². The minimum absolute atomic E-state index is 0.452. The van der Waals surface area contributed by atoms with E-state index in [0.29, 0.717) is 17.1 Å². The second-order valence-electron chi connectivity index (χ2n) is 4.12. The van der Waals surface area contributed by atoms with Crippen molar-refractivity contribution in [1.82, 2.24) is 4.98 Å². The summed E-state index contributed by atoms with van der Waals surface area (Å²) in [6.45, 7) is 3.85. The number of rotatable bonds is 2. The number of nitrogens with two attached hydrogens (primary N) is 1. The summed E-state index contributed by atoms with van der Waals surface area (Å²) in [5.41, 5.74) is 8.10. The van der Waals surface area contributed by atoms with Gasteiger partial charge in [-0.25, -0.2) is 4.98 Å². The van der Waals surface area contributed by atoms with Crippen molar-refractivity contribution in [2.24, 2.45) is 0 Å². The van der Waals surface area contributed by atoms with Gasteiger partial charge in [0.15, 0.2) is 0 Å². The number of anilines is 1. The van der Waals surface area contributed by atoms with Crippen molar-refractivity contribution in [2.45, 2.75) is 13.8 Å². The van der Waals surface area contributed by atoms with Gasteiger partial charge in [0.2, 0.25) is 0 Å². The van der Waals surface area contributed by atoms with Crippen molar-refractivity contribution < 1.29 is 0 Å². The van der Waals surface area contributed by atoms with Crippen molar-refractivity contribution in [3.8, 4) is 6.07 Å². The highest BCUT2D eigenvalue weighted by Gasteiger charge is 2.13. The van der Waals surface area contributed by atoms with Crippen LogP contribution in [-0.2, 0) is 0 Å². The Bertz CT molecular complexity index is 719.